The number of fused-ring (bicyclic) bond motifs is 5. The number of benzene rings is 2. The van der Waals surface area contributed by atoms with Gasteiger partial charge in [0.1, 0.15) is 0 Å². The quantitative estimate of drug-likeness (QED) is 0.314. The summed E-state index contributed by atoms with van der Waals surface area (Å²) in [6.45, 7) is 8.80. The van der Waals surface area contributed by atoms with Gasteiger partial charge < -0.3 is 9.47 Å². The van der Waals surface area contributed by atoms with E-state index in [1.165, 1.54) is 27.7 Å². The number of rotatable bonds is 6. The zero-order valence-corrected chi connectivity index (χ0v) is 17.3. The Balaban J connectivity index is 1.79. The van der Waals surface area contributed by atoms with E-state index in [0.29, 0.717) is 6.61 Å². The molecule has 0 bridgehead atoms. The third-order valence-corrected chi connectivity index (χ3v) is 5.79. The highest BCUT2D eigenvalue weighted by atomic mass is 16.5. The lowest BCUT2D eigenvalue weighted by atomic mass is 9.83. The number of pyridine rings is 1. The highest BCUT2D eigenvalue weighted by Crippen LogP contribution is 2.40. The molecule has 0 aliphatic carbocycles. The summed E-state index contributed by atoms with van der Waals surface area (Å²) < 4.78 is 13.9. The Morgan fingerprint density at radius 3 is 2.66 bits per heavy atom. The van der Waals surface area contributed by atoms with Gasteiger partial charge in [0.15, 0.2) is 6.04 Å². The molecule has 0 saturated carbocycles. The van der Waals surface area contributed by atoms with Gasteiger partial charge >= 0.3 is 0 Å². The van der Waals surface area contributed by atoms with E-state index in [-0.39, 0.29) is 18.1 Å². The van der Waals surface area contributed by atoms with Gasteiger partial charge in [0.25, 0.3) is 0 Å². The molecule has 0 N–H and O–H groups in total. The van der Waals surface area contributed by atoms with E-state index >= 15 is 0 Å². The van der Waals surface area contributed by atoms with Crippen LogP contribution < -0.4 is 4.57 Å². The monoisotopic (exact) mass is 386 g/mol. The number of hydrogen-bond donors (Lipinski definition) is 0. The van der Waals surface area contributed by atoms with Crippen LogP contribution in [0.2, 0.25) is 0 Å². The predicted octanol–water partition coefficient (Wildman–Crippen LogP) is 5.57. The van der Waals surface area contributed by atoms with Crippen molar-refractivity contribution in [3.63, 3.8) is 0 Å². The second-order valence-corrected chi connectivity index (χ2v) is 7.59. The Morgan fingerprint density at radius 1 is 1.10 bits per heavy atom. The van der Waals surface area contributed by atoms with Crippen LogP contribution in [0.4, 0.5) is 0 Å². The zero-order chi connectivity index (χ0) is 20.4. The third-order valence-electron chi connectivity index (χ3n) is 5.79. The summed E-state index contributed by atoms with van der Waals surface area (Å²) in [5.41, 5.74) is 5.02. The normalized spacial score (nSPS) is 19.3. The van der Waals surface area contributed by atoms with E-state index in [2.05, 4.69) is 84.8 Å². The fraction of sp³-hybridized carbons (Fsp3) is 0.269. The van der Waals surface area contributed by atoms with E-state index in [1.807, 2.05) is 13.0 Å². The Kier molecular flexibility index (Phi) is 5.50. The molecule has 3 unspecified atom stereocenters. The number of nitrogens with zero attached hydrogens (tertiary/aromatic N) is 1. The second-order valence-electron chi connectivity index (χ2n) is 7.59. The minimum absolute atomic E-state index is 0.0218. The van der Waals surface area contributed by atoms with Crippen LogP contribution in [0, 0.1) is 0 Å². The van der Waals surface area contributed by atoms with Crippen LogP contribution in [0.1, 0.15) is 31.4 Å². The molecular formula is C26H28NO2+. The average molecular weight is 387 g/mol. The molecule has 0 spiro atoms. The molecule has 3 atom stereocenters. The SMILES string of the molecule is C=CC1C(COC(C)/C=C(/C)OC)c2ccccc2-c2ccc3ccccc3[n+]21. The van der Waals surface area contributed by atoms with Gasteiger partial charge in [-0.1, -0.05) is 36.9 Å². The topological polar surface area (TPSA) is 22.3 Å². The highest BCUT2D eigenvalue weighted by molar-refractivity contribution is 5.78. The van der Waals surface area contributed by atoms with Gasteiger partial charge in [-0.15, -0.1) is 0 Å². The fourth-order valence-electron chi connectivity index (χ4n) is 4.35. The lowest BCUT2D eigenvalue weighted by molar-refractivity contribution is -0.682. The summed E-state index contributed by atoms with van der Waals surface area (Å²) in [6, 6.07) is 21.7. The Labute approximate surface area is 172 Å². The zero-order valence-electron chi connectivity index (χ0n) is 17.3. The largest absolute Gasteiger partial charge is 0.502 e. The molecule has 3 heteroatoms. The predicted molar refractivity (Wildman–Crippen MR) is 118 cm³/mol. The van der Waals surface area contributed by atoms with Crippen molar-refractivity contribution in [2.75, 3.05) is 13.7 Å². The number of methoxy groups -OCH3 is 1. The summed E-state index contributed by atoms with van der Waals surface area (Å²) in [7, 11) is 1.68. The van der Waals surface area contributed by atoms with Gasteiger partial charge in [-0.3, -0.25) is 0 Å². The Bertz CT molecular complexity index is 1070. The molecule has 3 nitrogen and oxygen atoms in total. The van der Waals surface area contributed by atoms with Gasteiger partial charge in [-0.25, -0.2) is 0 Å². The summed E-state index contributed by atoms with van der Waals surface area (Å²) in [4.78, 5) is 0. The van der Waals surface area contributed by atoms with Gasteiger partial charge in [0.2, 0.25) is 11.2 Å². The Hall–Kier alpha value is -2.91. The summed E-state index contributed by atoms with van der Waals surface area (Å²) in [5.74, 6) is 1.05. The summed E-state index contributed by atoms with van der Waals surface area (Å²) >= 11 is 0. The summed E-state index contributed by atoms with van der Waals surface area (Å²) in [5, 5.41) is 1.23. The van der Waals surface area contributed by atoms with Crippen LogP contribution in [0.15, 0.2) is 85.2 Å². The first-order chi connectivity index (χ1) is 14.1. The molecule has 1 aliphatic rings. The molecular weight excluding hydrogens is 358 g/mol. The van der Waals surface area contributed by atoms with Crippen molar-refractivity contribution >= 4 is 10.9 Å². The summed E-state index contributed by atoms with van der Waals surface area (Å²) in [6.07, 6.45) is 4.04. The smallest absolute Gasteiger partial charge is 0.213 e. The molecule has 3 aromatic rings. The molecule has 0 saturated heterocycles. The van der Waals surface area contributed by atoms with E-state index < -0.39 is 0 Å². The van der Waals surface area contributed by atoms with Crippen molar-refractivity contribution in [3.05, 3.63) is 90.7 Å². The van der Waals surface area contributed by atoms with Crippen LogP contribution in [0.25, 0.3) is 22.2 Å². The van der Waals surface area contributed by atoms with Crippen LogP contribution in [0.5, 0.6) is 0 Å². The molecule has 1 aliphatic heterocycles. The van der Waals surface area contributed by atoms with E-state index in [9.17, 15) is 0 Å². The third kappa shape index (κ3) is 3.58. The molecule has 29 heavy (non-hydrogen) atoms. The maximum absolute atomic E-state index is 6.25. The minimum Gasteiger partial charge on any atom is -0.502 e. The molecule has 2 heterocycles. The van der Waals surface area contributed by atoms with Gasteiger partial charge in [0.05, 0.1) is 31.5 Å². The number of aromatic nitrogens is 1. The number of hydrogen-bond acceptors (Lipinski definition) is 2. The fourth-order valence-corrected chi connectivity index (χ4v) is 4.35. The molecule has 1 aromatic heterocycles. The van der Waals surface area contributed by atoms with Crippen LogP contribution in [0.3, 0.4) is 0 Å². The van der Waals surface area contributed by atoms with Crippen LogP contribution in [-0.2, 0) is 9.47 Å². The second kappa shape index (κ2) is 8.22. The van der Waals surface area contributed by atoms with Crippen molar-refractivity contribution in [3.8, 4) is 11.3 Å². The number of allylic oxidation sites excluding steroid dienone is 2. The van der Waals surface area contributed by atoms with Gasteiger partial charge in [-0.05, 0) is 49.8 Å². The number of ether oxygens (including phenoxy) is 2. The first kappa shape index (κ1) is 19.4. The van der Waals surface area contributed by atoms with Crippen molar-refractivity contribution in [1.29, 1.82) is 0 Å². The van der Waals surface area contributed by atoms with Gasteiger partial charge in [0, 0.05) is 23.1 Å². The molecule has 0 fully saturated rings. The molecule has 2 aromatic carbocycles. The lowest BCUT2D eigenvalue weighted by Crippen LogP contribution is -2.48. The van der Waals surface area contributed by atoms with Crippen LogP contribution in [-0.4, -0.2) is 19.8 Å². The van der Waals surface area contributed by atoms with Crippen molar-refractivity contribution < 1.29 is 14.0 Å². The van der Waals surface area contributed by atoms with Crippen molar-refractivity contribution in [1.82, 2.24) is 0 Å². The van der Waals surface area contributed by atoms with Crippen molar-refractivity contribution in [2.24, 2.45) is 0 Å². The molecule has 4 rings (SSSR count). The standard InChI is InChI=1S/C26H28NO2/c1-5-24-23(17-29-19(3)16-18(2)28-4)21-11-7-8-12-22(21)26-15-14-20-10-6-9-13-25(20)27(24)26/h5-16,19,23-24H,1,17H2,2-4H3/q+1/b18-16-. The van der Waals surface area contributed by atoms with E-state index in [1.54, 1.807) is 7.11 Å². The van der Waals surface area contributed by atoms with Crippen LogP contribution >= 0.6 is 0 Å². The highest BCUT2D eigenvalue weighted by Gasteiger charge is 2.39. The first-order valence-corrected chi connectivity index (χ1v) is 10.1. The minimum atomic E-state index is -0.0218. The first-order valence-electron chi connectivity index (χ1n) is 10.1. The molecule has 0 radical (unpaired) electrons. The van der Waals surface area contributed by atoms with Crippen molar-refractivity contribution in [2.45, 2.75) is 31.9 Å². The van der Waals surface area contributed by atoms with E-state index in [4.69, 9.17) is 9.47 Å². The molecule has 148 valence electrons. The van der Waals surface area contributed by atoms with Gasteiger partial charge in [-0.2, -0.15) is 4.57 Å². The maximum Gasteiger partial charge on any atom is 0.213 e. The Morgan fingerprint density at radius 2 is 1.86 bits per heavy atom. The average Bonchev–Trinajstić information content (AvgIpc) is 2.76. The lowest BCUT2D eigenvalue weighted by Gasteiger charge is -2.30. The van der Waals surface area contributed by atoms with E-state index in [0.717, 1.165) is 5.76 Å². The number of para-hydroxylation sites is 1. The molecule has 0 amide bonds. The maximum atomic E-state index is 6.25.